The summed E-state index contributed by atoms with van der Waals surface area (Å²) in [6.45, 7) is 12.5. The summed E-state index contributed by atoms with van der Waals surface area (Å²) in [5.74, 6) is -0.459. The number of aromatic nitrogens is 2. The number of nitrogens with one attached hydrogen (secondary N) is 6. The number of likely N-dealkylation sites (tertiary alicyclic amines) is 1. The molecule has 6 amide bonds. The van der Waals surface area contributed by atoms with Gasteiger partial charge in [0, 0.05) is 56.8 Å². The van der Waals surface area contributed by atoms with E-state index < -0.39 is 53.8 Å². The number of rotatable bonds is 19. The van der Waals surface area contributed by atoms with Crippen molar-refractivity contribution in [3.8, 4) is 0 Å². The lowest BCUT2D eigenvalue weighted by molar-refractivity contribution is -0.131. The first-order valence-corrected chi connectivity index (χ1v) is 21.7. The van der Waals surface area contributed by atoms with E-state index in [0.29, 0.717) is 63.4 Å². The molecule has 4 rings (SSSR count). The van der Waals surface area contributed by atoms with Gasteiger partial charge in [-0.15, -0.1) is 0 Å². The molecule has 7 N–H and O–H groups in total. The number of urea groups is 1. The lowest BCUT2D eigenvalue weighted by atomic mass is 9.82. The van der Waals surface area contributed by atoms with E-state index in [1.165, 1.54) is 12.7 Å². The molecule has 1 aromatic carbocycles. The number of aliphatic hydroxyl groups is 1. The molecule has 15 nitrogen and oxygen atoms in total. The highest BCUT2D eigenvalue weighted by molar-refractivity contribution is 5.92. The Hall–Kier alpha value is -4.66. The average Bonchev–Trinajstić information content (AvgIpc) is 3.69. The number of carbonyl (C=O) groups is 5. The highest BCUT2D eigenvalue weighted by Crippen LogP contribution is 2.29. The summed E-state index contributed by atoms with van der Waals surface area (Å²) in [5.41, 5.74) is 0.835. The van der Waals surface area contributed by atoms with Crippen molar-refractivity contribution in [3.63, 3.8) is 0 Å². The summed E-state index contributed by atoms with van der Waals surface area (Å²) in [7, 11) is 0. The molecular weight excluding hydrogens is 753 g/mol. The molecule has 0 spiro atoms. The van der Waals surface area contributed by atoms with E-state index in [4.69, 9.17) is 4.74 Å². The Morgan fingerprint density at radius 3 is 2.19 bits per heavy atom. The normalized spacial score (nSPS) is 17.9. The topological polar surface area (TPSA) is 207 Å². The van der Waals surface area contributed by atoms with Crippen molar-refractivity contribution < 1.29 is 33.8 Å². The zero-order chi connectivity index (χ0) is 43.0. The monoisotopic (exact) mass is 823 g/mol. The summed E-state index contributed by atoms with van der Waals surface area (Å²) in [6, 6.07) is 6.13. The Bertz CT molecular complexity index is 1600. The number of piperidine rings is 1. The fraction of sp³-hybridized carbons (Fsp3) is 0.682. The molecule has 2 aliphatic rings. The number of imidazole rings is 1. The van der Waals surface area contributed by atoms with Crippen molar-refractivity contribution in [2.24, 2.45) is 17.8 Å². The SMILES string of the molecule is CC(C)CC(=O)NC[C@H](C)C[C@H](O)[C@H](CC1CCCCC1)NC(=O)[C@H](Cc1cnc[nH]1)NC(=O)[C@H](Cc1ccccc1)NC(=O)N1CCC(NC(=O)OC(C)(C)C)CC1. The Kier molecular flexibility index (Phi) is 18.5. The minimum absolute atomic E-state index is 0.0234. The average molecular weight is 823 g/mol. The van der Waals surface area contributed by atoms with Crippen LogP contribution in [0.3, 0.4) is 0 Å². The third-order valence-corrected chi connectivity index (χ3v) is 11.0. The van der Waals surface area contributed by atoms with Gasteiger partial charge in [0.2, 0.25) is 17.7 Å². The number of nitrogens with zero attached hydrogens (tertiary/aromatic N) is 2. The first-order valence-electron chi connectivity index (χ1n) is 21.7. The maximum atomic E-state index is 14.3. The number of hydrogen-bond acceptors (Lipinski definition) is 8. The van der Waals surface area contributed by atoms with Crippen molar-refractivity contribution in [3.05, 3.63) is 54.1 Å². The van der Waals surface area contributed by atoms with Gasteiger partial charge >= 0.3 is 12.1 Å². The van der Waals surface area contributed by atoms with E-state index in [2.05, 4.69) is 36.6 Å². The molecule has 1 aliphatic carbocycles. The molecule has 15 heteroatoms. The molecule has 1 saturated carbocycles. The van der Waals surface area contributed by atoms with Crippen molar-refractivity contribution in [2.45, 2.75) is 154 Å². The minimum atomic E-state index is -1.05. The fourth-order valence-corrected chi connectivity index (χ4v) is 7.87. The summed E-state index contributed by atoms with van der Waals surface area (Å²) in [6.07, 6.45) is 9.88. The van der Waals surface area contributed by atoms with Crippen molar-refractivity contribution in [1.82, 2.24) is 41.5 Å². The van der Waals surface area contributed by atoms with Gasteiger partial charge in [0.15, 0.2) is 0 Å². The molecule has 1 aliphatic heterocycles. The number of ether oxygens (including phenoxy) is 1. The summed E-state index contributed by atoms with van der Waals surface area (Å²) >= 11 is 0. The van der Waals surface area contributed by atoms with Gasteiger partial charge < -0.3 is 46.3 Å². The molecule has 2 fully saturated rings. The van der Waals surface area contributed by atoms with Gasteiger partial charge in [-0.05, 0) is 69.8 Å². The van der Waals surface area contributed by atoms with Gasteiger partial charge in [0.25, 0.3) is 0 Å². The third kappa shape index (κ3) is 17.2. The second kappa shape index (κ2) is 23.2. The standard InChI is InChI=1S/C44H70N8O7/c1-29(2)21-39(54)46-26-30(3)22-38(53)35(23-31-13-9-7-10-14-31)49-41(56)37(25-34-27-45-28-47-34)50-40(55)36(24-32-15-11-8-12-16-32)51-42(57)52-19-17-33(18-20-52)48-43(58)59-44(4,5)6/h8,11-12,15-16,27-31,33,35-38,53H,7,9-10,13-14,17-26H2,1-6H3,(H,45,47)(H,46,54)(H,48,58)(H,49,56)(H,50,55)(H,51,57)/t30-,35+,36+,37+,38+/m1/s1. The number of aliphatic hydroxyl groups excluding tert-OH is 1. The van der Waals surface area contributed by atoms with Crippen LogP contribution >= 0.6 is 0 Å². The number of aromatic amines is 1. The summed E-state index contributed by atoms with van der Waals surface area (Å²) in [5, 5.41) is 26.5. The molecule has 2 aromatic rings. The molecule has 1 aromatic heterocycles. The van der Waals surface area contributed by atoms with Crippen LogP contribution in [0.15, 0.2) is 42.9 Å². The lowest BCUT2D eigenvalue weighted by Crippen LogP contribution is -2.59. The Morgan fingerprint density at radius 1 is 0.898 bits per heavy atom. The molecule has 328 valence electrons. The number of amides is 6. The molecule has 59 heavy (non-hydrogen) atoms. The Balaban J connectivity index is 1.47. The van der Waals surface area contributed by atoms with Crippen LogP contribution in [0.4, 0.5) is 9.59 Å². The number of H-pyrrole nitrogens is 1. The van der Waals surface area contributed by atoms with E-state index in [1.807, 2.05) is 51.1 Å². The van der Waals surface area contributed by atoms with Crippen LogP contribution in [0.5, 0.6) is 0 Å². The minimum Gasteiger partial charge on any atom is -0.444 e. The number of hydrogen-bond donors (Lipinski definition) is 7. The highest BCUT2D eigenvalue weighted by Gasteiger charge is 2.34. The quantitative estimate of drug-likeness (QED) is 0.105. The molecule has 0 radical (unpaired) electrons. The Morgan fingerprint density at radius 2 is 1.56 bits per heavy atom. The number of carbonyl (C=O) groups excluding carboxylic acids is 5. The molecular formula is C44H70N8O7. The van der Waals surface area contributed by atoms with Gasteiger partial charge in [-0.3, -0.25) is 14.4 Å². The second-order valence-electron chi connectivity index (χ2n) is 18.1. The van der Waals surface area contributed by atoms with Crippen LogP contribution in [0.1, 0.15) is 117 Å². The van der Waals surface area contributed by atoms with Crippen LogP contribution < -0.4 is 26.6 Å². The predicted molar refractivity (Wildman–Crippen MR) is 226 cm³/mol. The van der Waals surface area contributed by atoms with E-state index in [9.17, 15) is 29.1 Å². The van der Waals surface area contributed by atoms with Gasteiger partial charge in [0.1, 0.15) is 17.7 Å². The molecule has 0 unspecified atom stereocenters. The molecule has 2 heterocycles. The van der Waals surface area contributed by atoms with E-state index in [1.54, 1.807) is 31.9 Å². The van der Waals surface area contributed by atoms with Gasteiger partial charge in [0.05, 0.1) is 18.5 Å². The van der Waals surface area contributed by atoms with E-state index in [0.717, 1.165) is 31.2 Å². The number of benzene rings is 1. The highest BCUT2D eigenvalue weighted by atomic mass is 16.6. The van der Waals surface area contributed by atoms with Crippen LogP contribution in [0, 0.1) is 17.8 Å². The van der Waals surface area contributed by atoms with Gasteiger partial charge in [-0.1, -0.05) is 83.2 Å². The molecule has 1 saturated heterocycles. The van der Waals surface area contributed by atoms with Crippen LogP contribution in [0.25, 0.3) is 0 Å². The summed E-state index contributed by atoms with van der Waals surface area (Å²) < 4.78 is 5.39. The van der Waals surface area contributed by atoms with Crippen molar-refractivity contribution >= 4 is 29.8 Å². The van der Waals surface area contributed by atoms with Crippen molar-refractivity contribution in [2.75, 3.05) is 19.6 Å². The first kappa shape index (κ1) is 47.0. The zero-order valence-corrected chi connectivity index (χ0v) is 36.1. The van der Waals surface area contributed by atoms with Gasteiger partial charge in [-0.25, -0.2) is 14.6 Å². The van der Waals surface area contributed by atoms with E-state index >= 15 is 0 Å². The van der Waals surface area contributed by atoms with E-state index in [-0.39, 0.29) is 36.6 Å². The number of alkyl carbamates (subject to hydrolysis) is 1. The van der Waals surface area contributed by atoms with Crippen molar-refractivity contribution in [1.29, 1.82) is 0 Å². The largest absolute Gasteiger partial charge is 0.444 e. The van der Waals surface area contributed by atoms with Gasteiger partial charge in [-0.2, -0.15) is 0 Å². The predicted octanol–water partition coefficient (Wildman–Crippen LogP) is 4.75. The lowest BCUT2D eigenvalue weighted by Gasteiger charge is -2.34. The first-order chi connectivity index (χ1) is 28.0. The maximum Gasteiger partial charge on any atom is 0.407 e. The molecule has 0 bridgehead atoms. The fourth-order valence-electron chi connectivity index (χ4n) is 7.87. The molecule has 5 atom stereocenters. The Labute approximate surface area is 350 Å². The third-order valence-electron chi connectivity index (χ3n) is 11.0. The maximum absolute atomic E-state index is 14.3. The zero-order valence-electron chi connectivity index (χ0n) is 36.1. The smallest absolute Gasteiger partial charge is 0.407 e. The van der Waals surface area contributed by atoms with Crippen LogP contribution in [0.2, 0.25) is 0 Å². The summed E-state index contributed by atoms with van der Waals surface area (Å²) in [4.78, 5) is 75.8. The van der Waals surface area contributed by atoms with Crippen LogP contribution in [-0.2, 0) is 32.0 Å². The van der Waals surface area contributed by atoms with Crippen LogP contribution in [-0.4, -0.2) is 105 Å². The second-order valence-corrected chi connectivity index (χ2v) is 18.1.